The van der Waals surface area contributed by atoms with E-state index in [0.29, 0.717) is 11.0 Å². The molecule has 0 spiro atoms. The summed E-state index contributed by atoms with van der Waals surface area (Å²) >= 11 is 5.86. The first-order chi connectivity index (χ1) is 7.65. The van der Waals surface area contributed by atoms with E-state index >= 15 is 0 Å². The van der Waals surface area contributed by atoms with Crippen LogP contribution in [0, 0.1) is 6.92 Å². The molecule has 1 aromatic carbocycles. The number of rotatable bonds is 2. The van der Waals surface area contributed by atoms with Crippen molar-refractivity contribution >= 4 is 23.8 Å². The van der Waals surface area contributed by atoms with Gasteiger partial charge in [0.1, 0.15) is 0 Å². The predicted octanol–water partition coefficient (Wildman–Crippen LogP) is 2.31. The number of hydrogen-bond acceptors (Lipinski definition) is 3. The van der Waals surface area contributed by atoms with Crippen LogP contribution in [0.4, 0.5) is 5.95 Å². The van der Waals surface area contributed by atoms with Gasteiger partial charge in [-0.3, -0.25) is 0 Å². The Bertz CT molecular complexity index is 531. The maximum atomic E-state index is 5.86. The molecule has 82 valence electrons. The van der Waals surface area contributed by atoms with Gasteiger partial charge in [-0.15, -0.1) is 0 Å². The number of hydrogen-bond donors (Lipinski definition) is 1. The van der Waals surface area contributed by atoms with Crippen molar-refractivity contribution in [1.82, 2.24) is 9.66 Å². The van der Waals surface area contributed by atoms with Crippen LogP contribution in [0.1, 0.15) is 11.3 Å². The molecule has 1 aromatic heterocycles. The van der Waals surface area contributed by atoms with Gasteiger partial charge in [-0.1, -0.05) is 23.7 Å². The second kappa shape index (κ2) is 4.37. The molecule has 16 heavy (non-hydrogen) atoms. The van der Waals surface area contributed by atoms with Crippen molar-refractivity contribution in [3.8, 4) is 0 Å². The third-order valence-corrected chi connectivity index (χ3v) is 2.25. The monoisotopic (exact) mass is 234 g/mol. The van der Waals surface area contributed by atoms with Gasteiger partial charge in [-0.2, -0.15) is 5.10 Å². The molecule has 2 aromatic rings. The molecule has 0 radical (unpaired) electrons. The molecule has 0 unspecified atom stereocenters. The highest BCUT2D eigenvalue weighted by molar-refractivity contribution is 6.30. The van der Waals surface area contributed by atoms with Crippen LogP contribution in [0.5, 0.6) is 0 Å². The second-order valence-electron chi connectivity index (χ2n) is 3.38. The van der Waals surface area contributed by atoms with E-state index in [0.717, 1.165) is 11.3 Å². The first-order valence-corrected chi connectivity index (χ1v) is 5.14. The van der Waals surface area contributed by atoms with Crippen molar-refractivity contribution in [3.63, 3.8) is 0 Å². The zero-order chi connectivity index (χ0) is 11.5. The van der Waals surface area contributed by atoms with Crippen LogP contribution in [-0.4, -0.2) is 15.9 Å². The third kappa shape index (κ3) is 2.41. The largest absolute Gasteiger partial charge is 0.368 e. The average molecular weight is 235 g/mol. The smallest absolute Gasteiger partial charge is 0.221 e. The first kappa shape index (κ1) is 10.7. The standard InChI is InChI=1S/C11H11ClN4/c1-8-7-16(11(13)15-8)14-6-9-3-2-4-10(12)5-9/h2-7H,1H3,(H2,13,15). The summed E-state index contributed by atoms with van der Waals surface area (Å²) in [5.74, 6) is 0.371. The minimum absolute atomic E-state index is 0.371. The number of aromatic nitrogens is 2. The SMILES string of the molecule is Cc1cn(N=Cc2cccc(Cl)c2)c(N)n1. The molecule has 0 amide bonds. The molecule has 2 N–H and O–H groups in total. The van der Waals surface area contributed by atoms with E-state index in [-0.39, 0.29) is 0 Å². The minimum Gasteiger partial charge on any atom is -0.368 e. The zero-order valence-corrected chi connectivity index (χ0v) is 9.52. The van der Waals surface area contributed by atoms with Crippen LogP contribution >= 0.6 is 11.6 Å². The van der Waals surface area contributed by atoms with Crippen LogP contribution in [0.15, 0.2) is 35.6 Å². The van der Waals surface area contributed by atoms with Gasteiger partial charge in [0, 0.05) is 5.02 Å². The number of anilines is 1. The summed E-state index contributed by atoms with van der Waals surface area (Å²) in [4.78, 5) is 4.04. The summed E-state index contributed by atoms with van der Waals surface area (Å²) in [6.07, 6.45) is 3.44. The van der Waals surface area contributed by atoms with E-state index in [9.17, 15) is 0 Å². The number of nitrogens with two attached hydrogens (primary N) is 1. The van der Waals surface area contributed by atoms with Crippen LogP contribution in [0.2, 0.25) is 5.02 Å². The zero-order valence-electron chi connectivity index (χ0n) is 8.76. The Morgan fingerprint density at radius 2 is 2.31 bits per heavy atom. The summed E-state index contributed by atoms with van der Waals surface area (Å²) in [5, 5.41) is 4.86. The number of aryl methyl sites for hydroxylation is 1. The second-order valence-corrected chi connectivity index (χ2v) is 3.82. The molecule has 0 aliphatic carbocycles. The maximum absolute atomic E-state index is 5.86. The Kier molecular flexibility index (Phi) is 2.92. The molecule has 2 rings (SSSR count). The Labute approximate surface area is 98.4 Å². The van der Waals surface area contributed by atoms with Gasteiger partial charge in [0.2, 0.25) is 5.95 Å². The summed E-state index contributed by atoms with van der Waals surface area (Å²) in [6, 6.07) is 7.42. The van der Waals surface area contributed by atoms with Crippen molar-refractivity contribution < 1.29 is 0 Å². The highest BCUT2D eigenvalue weighted by Crippen LogP contribution is 2.09. The Morgan fingerprint density at radius 3 is 2.94 bits per heavy atom. The molecule has 0 saturated carbocycles. The lowest BCUT2D eigenvalue weighted by Crippen LogP contribution is -1.96. The summed E-state index contributed by atoms with van der Waals surface area (Å²) in [7, 11) is 0. The number of imidazole rings is 1. The molecular weight excluding hydrogens is 224 g/mol. The van der Waals surface area contributed by atoms with E-state index in [2.05, 4.69) is 10.1 Å². The summed E-state index contributed by atoms with van der Waals surface area (Å²) in [6.45, 7) is 1.86. The van der Waals surface area contributed by atoms with Crippen LogP contribution < -0.4 is 5.73 Å². The van der Waals surface area contributed by atoms with E-state index < -0.39 is 0 Å². The van der Waals surface area contributed by atoms with E-state index in [1.165, 1.54) is 4.68 Å². The normalized spacial score (nSPS) is 11.1. The van der Waals surface area contributed by atoms with Gasteiger partial charge < -0.3 is 5.73 Å². The molecule has 0 aliphatic heterocycles. The number of halogens is 1. The van der Waals surface area contributed by atoms with Gasteiger partial charge in [0.05, 0.1) is 18.1 Å². The Balaban J connectivity index is 2.24. The summed E-state index contributed by atoms with van der Waals surface area (Å²) in [5.41, 5.74) is 7.40. The topological polar surface area (TPSA) is 56.2 Å². The van der Waals surface area contributed by atoms with Crippen molar-refractivity contribution in [2.75, 3.05) is 5.73 Å². The van der Waals surface area contributed by atoms with Gasteiger partial charge in [0.15, 0.2) is 0 Å². The molecular formula is C11H11ClN4. The molecule has 0 saturated heterocycles. The lowest BCUT2D eigenvalue weighted by Gasteiger charge is -1.96. The number of nitrogens with zero attached hydrogens (tertiary/aromatic N) is 3. The van der Waals surface area contributed by atoms with Gasteiger partial charge in [0.25, 0.3) is 0 Å². The van der Waals surface area contributed by atoms with Gasteiger partial charge in [-0.25, -0.2) is 9.66 Å². The maximum Gasteiger partial charge on any atom is 0.221 e. The van der Waals surface area contributed by atoms with Crippen molar-refractivity contribution in [3.05, 3.63) is 46.7 Å². The highest BCUT2D eigenvalue weighted by atomic mass is 35.5. The van der Waals surface area contributed by atoms with Crippen LogP contribution in [0.25, 0.3) is 0 Å². The average Bonchev–Trinajstić information content (AvgIpc) is 2.54. The number of nitrogen functional groups attached to an aromatic ring is 1. The van der Waals surface area contributed by atoms with Crippen LogP contribution in [-0.2, 0) is 0 Å². The molecule has 0 aliphatic rings. The van der Waals surface area contributed by atoms with Crippen molar-refractivity contribution in [2.45, 2.75) is 6.92 Å². The fraction of sp³-hybridized carbons (Fsp3) is 0.0909. The fourth-order valence-corrected chi connectivity index (χ4v) is 1.51. The van der Waals surface area contributed by atoms with Crippen LogP contribution in [0.3, 0.4) is 0 Å². The Morgan fingerprint density at radius 1 is 1.50 bits per heavy atom. The van der Waals surface area contributed by atoms with Gasteiger partial charge >= 0.3 is 0 Å². The predicted molar refractivity (Wildman–Crippen MR) is 65.8 cm³/mol. The quantitative estimate of drug-likeness (QED) is 0.811. The molecule has 0 bridgehead atoms. The molecule has 5 heteroatoms. The molecule has 1 heterocycles. The molecule has 0 fully saturated rings. The molecule has 0 atom stereocenters. The number of benzene rings is 1. The fourth-order valence-electron chi connectivity index (χ4n) is 1.31. The lowest BCUT2D eigenvalue weighted by atomic mass is 10.2. The first-order valence-electron chi connectivity index (χ1n) is 4.76. The van der Waals surface area contributed by atoms with E-state index in [1.54, 1.807) is 12.4 Å². The summed E-state index contributed by atoms with van der Waals surface area (Å²) < 4.78 is 1.52. The third-order valence-electron chi connectivity index (χ3n) is 2.01. The Hall–Kier alpha value is -1.81. The minimum atomic E-state index is 0.371. The van der Waals surface area contributed by atoms with Crippen molar-refractivity contribution in [2.24, 2.45) is 5.10 Å². The molecule has 4 nitrogen and oxygen atoms in total. The highest BCUT2D eigenvalue weighted by Gasteiger charge is 1.98. The van der Waals surface area contributed by atoms with Gasteiger partial charge in [-0.05, 0) is 24.6 Å². The van der Waals surface area contributed by atoms with Crippen molar-refractivity contribution in [1.29, 1.82) is 0 Å². The lowest BCUT2D eigenvalue weighted by molar-refractivity contribution is 0.897. The van der Waals surface area contributed by atoms with E-state index in [1.807, 2.05) is 31.2 Å². The van der Waals surface area contributed by atoms with E-state index in [4.69, 9.17) is 17.3 Å².